The van der Waals surface area contributed by atoms with Gasteiger partial charge in [-0.1, -0.05) is 0 Å². The molecular weight excluding hydrogens is 169 g/mol. The maximum Gasteiger partial charge on any atom is 0.181 e. The van der Waals surface area contributed by atoms with Gasteiger partial charge < -0.3 is 4.42 Å². The standard InChI is InChI=1S/C10H8FNO/c1-7-4-8(2-3-9(7)11)10-5-12-6-13-10/h2-6H,1H3. The van der Waals surface area contributed by atoms with Crippen molar-refractivity contribution in [1.29, 1.82) is 0 Å². The Hall–Kier alpha value is -1.64. The summed E-state index contributed by atoms with van der Waals surface area (Å²) in [5.74, 6) is 0.450. The molecule has 0 unspecified atom stereocenters. The van der Waals surface area contributed by atoms with Crippen LogP contribution in [0.2, 0.25) is 0 Å². The molecule has 0 fully saturated rings. The molecule has 0 spiro atoms. The van der Waals surface area contributed by atoms with E-state index in [1.807, 2.05) is 0 Å². The molecule has 3 heteroatoms. The highest BCUT2D eigenvalue weighted by Gasteiger charge is 2.03. The topological polar surface area (TPSA) is 26.0 Å². The van der Waals surface area contributed by atoms with Gasteiger partial charge in [-0.15, -0.1) is 0 Å². The zero-order chi connectivity index (χ0) is 9.26. The lowest BCUT2D eigenvalue weighted by atomic mass is 10.1. The van der Waals surface area contributed by atoms with Gasteiger partial charge in [-0.3, -0.25) is 0 Å². The summed E-state index contributed by atoms with van der Waals surface area (Å²) in [6.07, 6.45) is 2.96. The van der Waals surface area contributed by atoms with E-state index in [1.54, 1.807) is 25.3 Å². The summed E-state index contributed by atoms with van der Waals surface area (Å²) in [5, 5.41) is 0. The van der Waals surface area contributed by atoms with Crippen LogP contribution in [0.1, 0.15) is 5.56 Å². The zero-order valence-electron chi connectivity index (χ0n) is 7.12. The quantitative estimate of drug-likeness (QED) is 0.669. The number of aryl methyl sites for hydroxylation is 1. The Kier molecular flexibility index (Phi) is 1.85. The first kappa shape index (κ1) is 7.98. The SMILES string of the molecule is Cc1cc(-c2cnco2)ccc1F. The number of halogens is 1. The normalized spacial score (nSPS) is 10.3. The average molecular weight is 177 g/mol. The molecule has 0 bridgehead atoms. The average Bonchev–Trinajstić information content (AvgIpc) is 2.62. The maximum atomic E-state index is 12.9. The summed E-state index contributed by atoms with van der Waals surface area (Å²) >= 11 is 0. The van der Waals surface area contributed by atoms with E-state index in [1.165, 1.54) is 12.5 Å². The minimum absolute atomic E-state index is 0.205. The molecule has 1 heterocycles. The molecule has 0 atom stereocenters. The Morgan fingerprint density at radius 1 is 1.38 bits per heavy atom. The van der Waals surface area contributed by atoms with Crippen LogP contribution in [0.15, 0.2) is 35.2 Å². The van der Waals surface area contributed by atoms with Crippen molar-refractivity contribution in [2.75, 3.05) is 0 Å². The molecule has 0 amide bonds. The number of nitrogens with zero attached hydrogens (tertiary/aromatic N) is 1. The molecule has 0 saturated carbocycles. The van der Waals surface area contributed by atoms with Gasteiger partial charge in [-0.05, 0) is 30.7 Å². The van der Waals surface area contributed by atoms with E-state index >= 15 is 0 Å². The Labute approximate surface area is 75.0 Å². The van der Waals surface area contributed by atoms with E-state index in [9.17, 15) is 4.39 Å². The molecule has 0 aliphatic carbocycles. The monoisotopic (exact) mass is 177 g/mol. The fourth-order valence-corrected chi connectivity index (χ4v) is 1.16. The van der Waals surface area contributed by atoms with Gasteiger partial charge in [0.15, 0.2) is 12.2 Å². The molecule has 2 nitrogen and oxygen atoms in total. The van der Waals surface area contributed by atoms with Crippen molar-refractivity contribution in [2.45, 2.75) is 6.92 Å². The predicted octanol–water partition coefficient (Wildman–Crippen LogP) is 2.79. The van der Waals surface area contributed by atoms with E-state index in [-0.39, 0.29) is 5.82 Å². The lowest BCUT2D eigenvalue weighted by Crippen LogP contribution is -1.82. The van der Waals surface area contributed by atoms with Crippen molar-refractivity contribution in [2.24, 2.45) is 0 Å². The van der Waals surface area contributed by atoms with Crippen molar-refractivity contribution in [3.63, 3.8) is 0 Å². The van der Waals surface area contributed by atoms with Crippen LogP contribution < -0.4 is 0 Å². The second-order valence-corrected chi connectivity index (χ2v) is 2.83. The second-order valence-electron chi connectivity index (χ2n) is 2.83. The maximum absolute atomic E-state index is 12.9. The van der Waals surface area contributed by atoms with E-state index in [4.69, 9.17) is 4.42 Å². The first-order valence-corrected chi connectivity index (χ1v) is 3.92. The molecule has 0 N–H and O–H groups in total. The van der Waals surface area contributed by atoms with Crippen molar-refractivity contribution in [3.8, 4) is 11.3 Å². The Morgan fingerprint density at radius 3 is 2.85 bits per heavy atom. The van der Waals surface area contributed by atoms with Gasteiger partial charge in [0.25, 0.3) is 0 Å². The number of benzene rings is 1. The Bertz CT molecular complexity index is 409. The molecule has 0 saturated heterocycles. The third-order valence-corrected chi connectivity index (χ3v) is 1.87. The van der Waals surface area contributed by atoms with Gasteiger partial charge in [0.1, 0.15) is 5.82 Å². The molecular formula is C10H8FNO. The largest absolute Gasteiger partial charge is 0.444 e. The predicted molar refractivity (Wildman–Crippen MR) is 46.6 cm³/mol. The molecule has 13 heavy (non-hydrogen) atoms. The Balaban J connectivity index is 2.49. The number of hydrogen-bond acceptors (Lipinski definition) is 2. The molecule has 2 aromatic rings. The summed E-state index contributed by atoms with van der Waals surface area (Å²) in [4.78, 5) is 3.79. The molecule has 0 radical (unpaired) electrons. The van der Waals surface area contributed by atoms with Crippen LogP contribution in [0.25, 0.3) is 11.3 Å². The van der Waals surface area contributed by atoms with Crippen LogP contribution in [0, 0.1) is 12.7 Å². The summed E-state index contributed by atoms with van der Waals surface area (Å²) < 4.78 is 18.0. The highest BCUT2D eigenvalue weighted by molar-refractivity contribution is 5.57. The Morgan fingerprint density at radius 2 is 2.23 bits per heavy atom. The third kappa shape index (κ3) is 1.45. The van der Waals surface area contributed by atoms with Gasteiger partial charge >= 0.3 is 0 Å². The number of rotatable bonds is 1. The van der Waals surface area contributed by atoms with Crippen LogP contribution in [0.4, 0.5) is 4.39 Å². The third-order valence-electron chi connectivity index (χ3n) is 1.87. The van der Waals surface area contributed by atoms with E-state index < -0.39 is 0 Å². The fraction of sp³-hybridized carbons (Fsp3) is 0.100. The first-order valence-electron chi connectivity index (χ1n) is 3.92. The van der Waals surface area contributed by atoms with Crippen LogP contribution in [-0.4, -0.2) is 4.98 Å². The minimum Gasteiger partial charge on any atom is -0.444 e. The minimum atomic E-state index is -0.205. The van der Waals surface area contributed by atoms with Gasteiger partial charge in [0, 0.05) is 5.56 Å². The van der Waals surface area contributed by atoms with Gasteiger partial charge in [0.05, 0.1) is 6.20 Å². The molecule has 1 aromatic carbocycles. The van der Waals surface area contributed by atoms with Crippen LogP contribution in [0.3, 0.4) is 0 Å². The van der Waals surface area contributed by atoms with Crippen molar-refractivity contribution in [1.82, 2.24) is 4.98 Å². The van der Waals surface area contributed by atoms with Crippen molar-refractivity contribution < 1.29 is 8.81 Å². The second kappa shape index (κ2) is 3.01. The van der Waals surface area contributed by atoms with Crippen LogP contribution >= 0.6 is 0 Å². The summed E-state index contributed by atoms with van der Waals surface area (Å²) in [5.41, 5.74) is 1.45. The molecule has 2 rings (SSSR count). The number of oxazole rings is 1. The van der Waals surface area contributed by atoms with Crippen molar-refractivity contribution >= 4 is 0 Å². The van der Waals surface area contributed by atoms with Gasteiger partial charge in [-0.25, -0.2) is 9.37 Å². The van der Waals surface area contributed by atoms with Crippen molar-refractivity contribution in [3.05, 3.63) is 42.2 Å². The van der Waals surface area contributed by atoms with E-state index in [2.05, 4.69) is 4.98 Å². The number of aromatic nitrogens is 1. The van der Waals surface area contributed by atoms with E-state index in [0.29, 0.717) is 11.3 Å². The number of hydrogen-bond donors (Lipinski definition) is 0. The summed E-state index contributed by atoms with van der Waals surface area (Å²) in [7, 11) is 0. The summed E-state index contributed by atoms with van der Waals surface area (Å²) in [6, 6.07) is 4.83. The van der Waals surface area contributed by atoms with E-state index in [0.717, 1.165) is 5.56 Å². The smallest absolute Gasteiger partial charge is 0.181 e. The molecule has 1 aromatic heterocycles. The van der Waals surface area contributed by atoms with Crippen LogP contribution in [0.5, 0.6) is 0 Å². The molecule has 66 valence electrons. The highest BCUT2D eigenvalue weighted by Crippen LogP contribution is 2.20. The lowest BCUT2D eigenvalue weighted by Gasteiger charge is -1.98. The first-order chi connectivity index (χ1) is 6.27. The highest BCUT2D eigenvalue weighted by atomic mass is 19.1. The van der Waals surface area contributed by atoms with Gasteiger partial charge in [-0.2, -0.15) is 0 Å². The van der Waals surface area contributed by atoms with Gasteiger partial charge in [0.2, 0.25) is 0 Å². The fourth-order valence-electron chi connectivity index (χ4n) is 1.16. The lowest BCUT2D eigenvalue weighted by molar-refractivity contribution is 0.571. The zero-order valence-corrected chi connectivity index (χ0v) is 7.12. The molecule has 0 aliphatic rings. The summed E-state index contributed by atoms with van der Waals surface area (Å²) in [6.45, 7) is 1.72. The molecule has 0 aliphatic heterocycles. The van der Waals surface area contributed by atoms with Crippen LogP contribution in [-0.2, 0) is 0 Å².